The van der Waals surface area contributed by atoms with E-state index in [1.54, 1.807) is 0 Å². The molecule has 0 amide bonds. The molecule has 0 aromatic carbocycles. The highest BCUT2D eigenvalue weighted by atomic mass is 19.4. The lowest BCUT2D eigenvalue weighted by atomic mass is 9.91. The van der Waals surface area contributed by atoms with Crippen LogP contribution >= 0.6 is 0 Å². The van der Waals surface area contributed by atoms with E-state index in [2.05, 4.69) is 0 Å². The highest BCUT2D eigenvalue weighted by Gasteiger charge is 2.33. The van der Waals surface area contributed by atoms with Crippen molar-refractivity contribution in [3.05, 3.63) is 0 Å². The van der Waals surface area contributed by atoms with E-state index < -0.39 is 18.6 Å². The van der Waals surface area contributed by atoms with Crippen LogP contribution in [-0.2, 0) is 4.74 Å². The molecular formula is C9H16F3NO. The lowest BCUT2D eigenvalue weighted by Gasteiger charge is -2.22. The van der Waals surface area contributed by atoms with Gasteiger partial charge in [0.05, 0.1) is 6.10 Å². The molecule has 1 aliphatic heterocycles. The Bertz CT molecular complexity index is 183. The van der Waals surface area contributed by atoms with Crippen molar-refractivity contribution in [3.8, 4) is 0 Å². The smallest absolute Gasteiger partial charge is 0.378 e. The van der Waals surface area contributed by atoms with Gasteiger partial charge in [0.1, 0.15) is 0 Å². The minimum atomic E-state index is -4.10. The summed E-state index contributed by atoms with van der Waals surface area (Å²) in [6.07, 6.45) is -4.11. The first-order chi connectivity index (χ1) is 6.40. The standard InChI is InChI=1S/C9H16F3NO/c1-6-7(3-5-14-6)8(13)2-4-9(10,11)12/h6-8H,2-5,13H2,1H3. The maximum atomic E-state index is 11.9. The fourth-order valence-electron chi connectivity index (χ4n) is 1.85. The van der Waals surface area contributed by atoms with Gasteiger partial charge in [-0.1, -0.05) is 0 Å². The minimum Gasteiger partial charge on any atom is -0.378 e. The SMILES string of the molecule is CC1OCCC1C(N)CCC(F)(F)F. The molecule has 3 unspecified atom stereocenters. The van der Waals surface area contributed by atoms with Crippen molar-refractivity contribution in [2.45, 2.75) is 44.5 Å². The van der Waals surface area contributed by atoms with Crippen LogP contribution in [0.5, 0.6) is 0 Å². The Morgan fingerprint density at radius 3 is 2.57 bits per heavy atom. The van der Waals surface area contributed by atoms with E-state index in [0.717, 1.165) is 6.42 Å². The van der Waals surface area contributed by atoms with Gasteiger partial charge in [0.15, 0.2) is 0 Å². The first-order valence-electron chi connectivity index (χ1n) is 4.84. The molecule has 1 rings (SSSR count). The van der Waals surface area contributed by atoms with Gasteiger partial charge in [-0.25, -0.2) is 0 Å². The van der Waals surface area contributed by atoms with E-state index in [1.807, 2.05) is 6.92 Å². The fourth-order valence-corrected chi connectivity index (χ4v) is 1.85. The molecule has 1 fully saturated rings. The van der Waals surface area contributed by atoms with Gasteiger partial charge in [-0.05, 0) is 19.8 Å². The van der Waals surface area contributed by atoms with Crippen LogP contribution in [0.4, 0.5) is 13.2 Å². The molecule has 5 heteroatoms. The monoisotopic (exact) mass is 211 g/mol. The largest absolute Gasteiger partial charge is 0.389 e. The van der Waals surface area contributed by atoms with Gasteiger partial charge in [-0.3, -0.25) is 0 Å². The average Bonchev–Trinajstić information content (AvgIpc) is 2.46. The molecule has 2 nitrogen and oxygen atoms in total. The van der Waals surface area contributed by atoms with Crippen molar-refractivity contribution < 1.29 is 17.9 Å². The Morgan fingerprint density at radius 1 is 1.50 bits per heavy atom. The van der Waals surface area contributed by atoms with Gasteiger partial charge in [-0.15, -0.1) is 0 Å². The maximum absolute atomic E-state index is 11.9. The highest BCUT2D eigenvalue weighted by molar-refractivity contribution is 4.82. The van der Waals surface area contributed by atoms with Crippen LogP contribution in [0.3, 0.4) is 0 Å². The van der Waals surface area contributed by atoms with E-state index in [4.69, 9.17) is 10.5 Å². The average molecular weight is 211 g/mol. The third-order valence-corrected chi connectivity index (χ3v) is 2.75. The van der Waals surface area contributed by atoms with Crippen LogP contribution in [0.1, 0.15) is 26.2 Å². The van der Waals surface area contributed by atoms with Gasteiger partial charge in [-0.2, -0.15) is 13.2 Å². The quantitative estimate of drug-likeness (QED) is 0.775. The normalized spacial score (nSPS) is 30.6. The summed E-state index contributed by atoms with van der Waals surface area (Å²) in [4.78, 5) is 0. The number of halogens is 3. The minimum absolute atomic E-state index is 0.00164. The molecule has 1 heterocycles. The Kier molecular flexibility index (Phi) is 3.78. The summed E-state index contributed by atoms with van der Waals surface area (Å²) in [5.74, 6) is 0.0809. The van der Waals surface area contributed by atoms with Crippen molar-refractivity contribution >= 4 is 0 Å². The molecule has 3 atom stereocenters. The second-order valence-electron chi connectivity index (χ2n) is 3.85. The second kappa shape index (κ2) is 4.49. The summed E-state index contributed by atoms with van der Waals surface area (Å²) in [6.45, 7) is 2.48. The molecular weight excluding hydrogens is 195 g/mol. The Labute approximate surface area is 81.6 Å². The first kappa shape index (κ1) is 11.8. The van der Waals surface area contributed by atoms with Crippen LogP contribution in [0.25, 0.3) is 0 Å². The molecule has 0 aromatic heterocycles. The second-order valence-corrected chi connectivity index (χ2v) is 3.85. The number of hydrogen-bond acceptors (Lipinski definition) is 2. The predicted molar refractivity (Wildman–Crippen MR) is 46.8 cm³/mol. The summed E-state index contributed by atoms with van der Waals surface area (Å²) in [6, 6.07) is -0.394. The zero-order chi connectivity index (χ0) is 10.8. The molecule has 1 saturated heterocycles. The first-order valence-corrected chi connectivity index (χ1v) is 4.84. The number of nitrogens with two attached hydrogens (primary N) is 1. The molecule has 0 aliphatic carbocycles. The number of hydrogen-bond donors (Lipinski definition) is 1. The van der Waals surface area contributed by atoms with Gasteiger partial charge in [0.25, 0.3) is 0 Å². The fraction of sp³-hybridized carbons (Fsp3) is 1.00. The molecule has 14 heavy (non-hydrogen) atoms. The molecule has 0 bridgehead atoms. The zero-order valence-corrected chi connectivity index (χ0v) is 8.18. The Hall–Kier alpha value is -0.290. The maximum Gasteiger partial charge on any atom is 0.389 e. The van der Waals surface area contributed by atoms with Gasteiger partial charge < -0.3 is 10.5 Å². The molecule has 0 radical (unpaired) electrons. The third-order valence-electron chi connectivity index (χ3n) is 2.75. The lowest BCUT2D eigenvalue weighted by molar-refractivity contribution is -0.137. The Balaban J connectivity index is 2.31. The lowest BCUT2D eigenvalue weighted by Crippen LogP contribution is -2.35. The zero-order valence-electron chi connectivity index (χ0n) is 8.18. The van der Waals surface area contributed by atoms with Crippen LogP contribution in [0.15, 0.2) is 0 Å². The third kappa shape index (κ3) is 3.46. The van der Waals surface area contributed by atoms with Crippen molar-refractivity contribution in [3.63, 3.8) is 0 Å². The van der Waals surface area contributed by atoms with Crippen LogP contribution in [0, 0.1) is 5.92 Å². The van der Waals surface area contributed by atoms with Crippen LogP contribution in [0.2, 0.25) is 0 Å². The summed E-state index contributed by atoms with van der Waals surface area (Å²) >= 11 is 0. The predicted octanol–water partition coefficient (Wildman–Crippen LogP) is 2.08. The molecule has 84 valence electrons. The summed E-state index contributed by atoms with van der Waals surface area (Å²) in [5, 5.41) is 0. The van der Waals surface area contributed by atoms with E-state index in [9.17, 15) is 13.2 Å². The van der Waals surface area contributed by atoms with E-state index >= 15 is 0 Å². The van der Waals surface area contributed by atoms with E-state index in [-0.39, 0.29) is 18.4 Å². The highest BCUT2D eigenvalue weighted by Crippen LogP contribution is 2.28. The van der Waals surface area contributed by atoms with Crippen molar-refractivity contribution in [2.75, 3.05) is 6.61 Å². The topological polar surface area (TPSA) is 35.2 Å². The number of rotatable bonds is 3. The van der Waals surface area contributed by atoms with Crippen LogP contribution in [-0.4, -0.2) is 24.9 Å². The molecule has 2 N–H and O–H groups in total. The summed E-state index contributed by atoms with van der Waals surface area (Å²) in [7, 11) is 0. The van der Waals surface area contributed by atoms with E-state index in [1.165, 1.54) is 0 Å². The Morgan fingerprint density at radius 2 is 2.14 bits per heavy atom. The van der Waals surface area contributed by atoms with Gasteiger partial charge in [0, 0.05) is 25.0 Å². The van der Waals surface area contributed by atoms with E-state index in [0.29, 0.717) is 6.61 Å². The molecule has 1 aliphatic rings. The van der Waals surface area contributed by atoms with Crippen molar-refractivity contribution in [2.24, 2.45) is 11.7 Å². The molecule has 0 spiro atoms. The van der Waals surface area contributed by atoms with Crippen LogP contribution < -0.4 is 5.73 Å². The summed E-state index contributed by atoms with van der Waals surface area (Å²) < 4.78 is 41.0. The summed E-state index contributed by atoms with van der Waals surface area (Å²) in [5.41, 5.74) is 5.70. The van der Waals surface area contributed by atoms with Gasteiger partial charge in [0.2, 0.25) is 0 Å². The number of ether oxygens (including phenoxy) is 1. The van der Waals surface area contributed by atoms with Crippen molar-refractivity contribution in [1.29, 1.82) is 0 Å². The number of alkyl halides is 3. The van der Waals surface area contributed by atoms with Crippen molar-refractivity contribution in [1.82, 2.24) is 0 Å². The molecule has 0 aromatic rings. The molecule has 0 saturated carbocycles. The van der Waals surface area contributed by atoms with Gasteiger partial charge >= 0.3 is 6.18 Å².